The van der Waals surface area contributed by atoms with E-state index in [0.29, 0.717) is 11.8 Å². The summed E-state index contributed by atoms with van der Waals surface area (Å²) < 4.78 is 33.4. The van der Waals surface area contributed by atoms with Gasteiger partial charge in [-0.1, -0.05) is 6.07 Å². The summed E-state index contributed by atoms with van der Waals surface area (Å²) in [6.07, 6.45) is 0. The molecule has 0 bridgehead atoms. The van der Waals surface area contributed by atoms with Crippen molar-refractivity contribution in [3.63, 3.8) is 0 Å². The van der Waals surface area contributed by atoms with Crippen LogP contribution in [0.15, 0.2) is 48.5 Å². The molecule has 0 aliphatic rings. The Morgan fingerprint density at radius 1 is 1.16 bits per heavy atom. The number of anilines is 1. The molecule has 1 N–H and O–H groups in total. The number of carbonyl (C=O) groups is 1. The number of halogens is 2. The second kappa shape index (κ2) is 6.72. The van der Waals surface area contributed by atoms with Gasteiger partial charge in [0.05, 0.1) is 18.5 Å². The third kappa shape index (κ3) is 3.50. The van der Waals surface area contributed by atoms with Crippen molar-refractivity contribution in [1.29, 1.82) is 0 Å². The minimum atomic E-state index is -0.850. The Balaban J connectivity index is 1.87. The molecule has 0 radical (unpaired) electrons. The van der Waals surface area contributed by atoms with Gasteiger partial charge in [0.1, 0.15) is 17.4 Å². The maximum Gasteiger partial charge on any atom is 0.276 e. The predicted molar refractivity (Wildman–Crippen MR) is 89.2 cm³/mol. The zero-order valence-electron chi connectivity index (χ0n) is 13.6. The number of aryl methyl sites for hydroxylation is 1. The Labute approximate surface area is 142 Å². The highest BCUT2D eigenvalue weighted by molar-refractivity contribution is 6.03. The summed E-state index contributed by atoms with van der Waals surface area (Å²) >= 11 is 0. The lowest BCUT2D eigenvalue weighted by Crippen LogP contribution is -2.14. The maximum absolute atomic E-state index is 13.7. The Morgan fingerprint density at radius 2 is 1.96 bits per heavy atom. The topological polar surface area (TPSA) is 56.2 Å². The Hall–Kier alpha value is -3.22. The van der Waals surface area contributed by atoms with Gasteiger partial charge in [0.2, 0.25) is 0 Å². The molecule has 3 rings (SSSR count). The van der Waals surface area contributed by atoms with E-state index in [1.54, 1.807) is 36.9 Å². The van der Waals surface area contributed by atoms with Crippen molar-refractivity contribution < 1.29 is 18.3 Å². The lowest BCUT2D eigenvalue weighted by molar-refractivity contribution is 0.102. The smallest absolute Gasteiger partial charge is 0.276 e. The van der Waals surface area contributed by atoms with Crippen LogP contribution in [0.5, 0.6) is 5.75 Å². The summed E-state index contributed by atoms with van der Waals surface area (Å²) in [6, 6.07) is 11.7. The summed E-state index contributed by atoms with van der Waals surface area (Å²) in [4.78, 5) is 12.3. The van der Waals surface area contributed by atoms with Crippen LogP contribution in [0.1, 0.15) is 16.2 Å². The minimum absolute atomic E-state index is 0.111. The number of hydrogen-bond donors (Lipinski definition) is 1. The van der Waals surface area contributed by atoms with E-state index in [0.717, 1.165) is 23.5 Å². The molecule has 1 aromatic heterocycles. The average Bonchev–Trinajstić information content (AvgIpc) is 2.99. The number of aromatic nitrogens is 2. The molecule has 0 fully saturated rings. The summed E-state index contributed by atoms with van der Waals surface area (Å²) in [7, 11) is 1.56. The normalized spacial score (nSPS) is 10.6. The number of hydrogen-bond acceptors (Lipinski definition) is 3. The highest BCUT2D eigenvalue weighted by Crippen LogP contribution is 2.19. The highest BCUT2D eigenvalue weighted by Gasteiger charge is 2.15. The highest BCUT2D eigenvalue weighted by atomic mass is 19.1. The van der Waals surface area contributed by atoms with Crippen molar-refractivity contribution in [2.75, 3.05) is 12.4 Å². The van der Waals surface area contributed by atoms with Crippen molar-refractivity contribution in [2.45, 2.75) is 6.92 Å². The third-order valence-electron chi connectivity index (χ3n) is 3.60. The van der Waals surface area contributed by atoms with Gasteiger partial charge >= 0.3 is 0 Å². The first-order valence-corrected chi connectivity index (χ1v) is 7.45. The number of amides is 1. The SMILES string of the molecule is COc1cccc(-n2nc(C(=O)Nc3ccc(F)cc3F)cc2C)c1. The zero-order chi connectivity index (χ0) is 18.0. The number of carbonyl (C=O) groups excluding carboxylic acids is 1. The molecule has 0 saturated heterocycles. The molecular formula is C18H15F2N3O2. The molecule has 7 heteroatoms. The van der Waals surface area contributed by atoms with Gasteiger partial charge in [-0.25, -0.2) is 13.5 Å². The van der Waals surface area contributed by atoms with E-state index in [1.165, 1.54) is 0 Å². The van der Waals surface area contributed by atoms with Crippen LogP contribution < -0.4 is 10.1 Å². The van der Waals surface area contributed by atoms with Gasteiger partial charge < -0.3 is 10.1 Å². The Kier molecular flexibility index (Phi) is 4.47. The van der Waals surface area contributed by atoms with Crippen molar-refractivity contribution in [3.8, 4) is 11.4 Å². The molecule has 0 atom stereocenters. The van der Waals surface area contributed by atoms with E-state index in [-0.39, 0.29) is 11.4 Å². The quantitative estimate of drug-likeness (QED) is 0.785. The zero-order valence-corrected chi connectivity index (χ0v) is 13.6. The van der Waals surface area contributed by atoms with Crippen molar-refractivity contribution in [1.82, 2.24) is 9.78 Å². The van der Waals surface area contributed by atoms with Crippen LogP contribution in [0.25, 0.3) is 5.69 Å². The van der Waals surface area contributed by atoms with Gasteiger partial charge in [-0.15, -0.1) is 0 Å². The van der Waals surface area contributed by atoms with Crippen LogP contribution in [0.3, 0.4) is 0 Å². The van der Waals surface area contributed by atoms with Gasteiger partial charge in [0.15, 0.2) is 5.69 Å². The largest absolute Gasteiger partial charge is 0.497 e. The van der Waals surface area contributed by atoms with Crippen LogP contribution >= 0.6 is 0 Å². The summed E-state index contributed by atoms with van der Waals surface area (Å²) in [5.74, 6) is -1.49. The molecule has 0 aliphatic heterocycles. The number of rotatable bonds is 4. The standard InChI is InChI=1S/C18H15F2N3O2/c1-11-8-17(18(24)21-16-7-6-12(19)9-15(16)20)22-23(11)13-4-3-5-14(10-13)25-2/h3-10H,1-2H3,(H,21,24). The Bertz CT molecular complexity index is 938. The van der Waals surface area contributed by atoms with E-state index in [1.807, 2.05) is 12.1 Å². The van der Waals surface area contributed by atoms with Crippen LogP contribution in [0, 0.1) is 18.6 Å². The molecule has 5 nitrogen and oxygen atoms in total. The Morgan fingerprint density at radius 3 is 2.68 bits per heavy atom. The fraction of sp³-hybridized carbons (Fsp3) is 0.111. The summed E-state index contributed by atoms with van der Waals surface area (Å²) in [6.45, 7) is 1.79. The fourth-order valence-electron chi connectivity index (χ4n) is 2.37. The van der Waals surface area contributed by atoms with Gasteiger partial charge in [0, 0.05) is 17.8 Å². The van der Waals surface area contributed by atoms with Crippen LogP contribution in [0.2, 0.25) is 0 Å². The number of methoxy groups -OCH3 is 1. The molecule has 1 amide bonds. The van der Waals surface area contributed by atoms with Gasteiger partial charge in [-0.05, 0) is 37.3 Å². The molecule has 3 aromatic rings. The van der Waals surface area contributed by atoms with Crippen LogP contribution in [0.4, 0.5) is 14.5 Å². The summed E-state index contributed by atoms with van der Waals surface area (Å²) in [5.41, 5.74) is 1.45. The first-order valence-electron chi connectivity index (χ1n) is 7.45. The second-order valence-electron chi connectivity index (χ2n) is 5.36. The number of ether oxygens (including phenoxy) is 1. The molecule has 0 unspecified atom stereocenters. The van der Waals surface area contributed by atoms with Crippen LogP contribution in [-0.4, -0.2) is 22.8 Å². The minimum Gasteiger partial charge on any atom is -0.497 e. The number of nitrogens with one attached hydrogen (secondary N) is 1. The average molecular weight is 343 g/mol. The molecule has 128 valence electrons. The second-order valence-corrected chi connectivity index (χ2v) is 5.36. The van der Waals surface area contributed by atoms with E-state index < -0.39 is 17.5 Å². The van der Waals surface area contributed by atoms with Crippen LogP contribution in [-0.2, 0) is 0 Å². The van der Waals surface area contributed by atoms with E-state index in [9.17, 15) is 13.6 Å². The fourth-order valence-corrected chi connectivity index (χ4v) is 2.37. The monoisotopic (exact) mass is 343 g/mol. The summed E-state index contributed by atoms with van der Waals surface area (Å²) in [5, 5.41) is 6.64. The van der Waals surface area contributed by atoms with Gasteiger partial charge in [0.25, 0.3) is 5.91 Å². The third-order valence-corrected chi connectivity index (χ3v) is 3.60. The first kappa shape index (κ1) is 16.6. The number of benzene rings is 2. The molecule has 0 saturated carbocycles. The first-order chi connectivity index (χ1) is 12.0. The van der Waals surface area contributed by atoms with Crippen molar-refractivity contribution in [3.05, 3.63) is 71.6 Å². The lowest BCUT2D eigenvalue weighted by Gasteiger charge is -2.06. The molecule has 25 heavy (non-hydrogen) atoms. The molecule has 1 heterocycles. The number of nitrogens with zero attached hydrogens (tertiary/aromatic N) is 2. The van der Waals surface area contributed by atoms with E-state index in [4.69, 9.17) is 4.74 Å². The van der Waals surface area contributed by atoms with Gasteiger partial charge in [-0.2, -0.15) is 5.10 Å². The lowest BCUT2D eigenvalue weighted by atomic mass is 10.2. The van der Waals surface area contributed by atoms with E-state index in [2.05, 4.69) is 10.4 Å². The van der Waals surface area contributed by atoms with Gasteiger partial charge in [-0.3, -0.25) is 4.79 Å². The van der Waals surface area contributed by atoms with Crippen molar-refractivity contribution in [2.24, 2.45) is 0 Å². The maximum atomic E-state index is 13.7. The molecule has 0 spiro atoms. The predicted octanol–water partition coefficient (Wildman–Crippen LogP) is 3.72. The van der Waals surface area contributed by atoms with E-state index >= 15 is 0 Å². The molecular weight excluding hydrogens is 328 g/mol. The molecule has 2 aromatic carbocycles. The molecule has 0 aliphatic carbocycles. The van der Waals surface area contributed by atoms with Crippen molar-refractivity contribution >= 4 is 11.6 Å².